The van der Waals surface area contributed by atoms with Crippen LogP contribution in [-0.4, -0.2) is 21.7 Å². The number of nitrogens with zero attached hydrogens (tertiary/aromatic N) is 3. The van der Waals surface area contributed by atoms with Crippen LogP contribution in [0.25, 0.3) is 0 Å². The van der Waals surface area contributed by atoms with E-state index in [1.54, 1.807) is 11.3 Å². The fourth-order valence-electron chi connectivity index (χ4n) is 2.08. The molecule has 2 aromatic heterocycles. The molecule has 0 amide bonds. The van der Waals surface area contributed by atoms with Gasteiger partial charge in [-0.25, -0.2) is 0 Å². The quantitative estimate of drug-likeness (QED) is 0.881. The Balaban J connectivity index is 2.23. The molecule has 0 radical (unpaired) electrons. The third kappa shape index (κ3) is 3.81. The van der Waals surface area contributed by atoms with E-state index in [0.717, 1.165) is 30.8 Å². The molecule has 0 aliphatic heterocycles. The second-order valence-electron chi connectivity index (χ2n) is 4.71. The van der Waals surface area contributed by atoms with Crippen LogP contribution in [0.1, 0.15) is 41.2 Å². The van der Waals surface area contributed by atoms with Gasteiger partial charge >= 0.3 is 0 Å². The van der Waals surface area contributed by atoms with Crippen molar-refractivity contribution in [2.24, 2.45) is 0 Å². The zero-order valence-corrected chi connectivity index (χ0v) is 12.5. The summed E-state index contributed by atoms with van der Waals surface area (Å²) >= 11 is 1.70. The molecule has 0 saturated heterocycles. The van der Waals surface area contributed by atoms with Gasteiger partial charge in [-0.15, -0.1) is 11.3 Å². The number of rotatable bonds is 6. The van der Waals surface area contributed by atoms with Gasteiger partial charge in [0, 0.05) is 23.5 Å². The lowest BCUT2D eigenvalue weighted by molar-refractivity contribution is 0.525. The summed E-state index contributed by atoms with van der Waals surface area (Å²) in [5.74, 6) is 0. The van der Waals surface area contributed by atoms with Crippen molar-refractivity contribution in [3.63, 3.8) is 0 Å². The monoisotopic (exact) mass is 276 g/mol. The summed E-state index contributed by atoms with van der Waals surface area (Å²) in [7, 11) is 0. The van der Waals surface area contributed by atoms with Crippen LogP contribution in [0.3, 0.4) is 0 Å². The van der Waals surface area contributed by atoms with Crippen molar-refractivity contribution < 1.29 is 0 Å². The van der Waals surface area contributed by atoms with Crippen LogP contribution in [0.4, 0.5) is 0 Å². The van der Waals surface area contributed by atoms with Gasteiger partial charge in [0.05, 0.1) is 16.9 Å². The second kappa shape index (κ2) is 6.73. The Morgan fingerprint density at radius 2 is 2.16 bits per heavy atom. The van der Waals surface area contributed by atoms with E-state index >= 15 is 0 Å². The van der Waals surface area contributed by atoms with Crippen molar-refractivity contribution >= 4 is 11.3 Å². The van der Waals surface area contributed by atoms with Crippen molar-refractivity contribution in [3.8, 4) is 0 Å². The normalized spacial score (nSPS) is 12.6. The van der Waals surface area contributed by atoms with Crippen LogP contribution < -0.4 is 5.32 Å². The molecule has 1 unspecified atom stereocenters. The van der Waals surface area contributed by atoms with Gasteiger partial charge in [-0.05, 0) is 38.4 Å². The van der Waals surface area contributed by atoms with Gasteiger partial charge in [0.15, 0.2) is 0 Å². The molecule has 102 valence electrons. The number of aryl methyl sites for hydroxylation is 2. The minimum atomic E-state index is 0.287. The predicted molar refractivity (Wildman–Crippen MR) is 78.4 cm³/mol. The molecule has 1 N–H and O–H groups in total. The zero-order chi connectivity index (χ0) is 13.7. The van der Waals surface area contributed by atoms with Gasteiger partial charge in [-0.3, -0.25) is 4.98 Å². The third-order valence-electron chi connectivity index (χ3n) is 3.04. The van der Waals surface area contributed by atoms with Gasteiger partial charge in [0.1, 0.15) is 0 Å². The molecule has 0 bridgehead atoms. The van der Waals surface area contributed by atoms with E-state index in [2.05, 4.69) is 33.5 Å². The van der Waals surface area contributed by atoms with E-state index in [9.17, 15) is 0 Å². The number of hydrogen-bond donors (Lipinski definition) is 1. The van der Waals surface area contributed by atoms with E-state index in [-0.39, 0.29) is 6.04 Å². The van der Waals surface area contributed by atoms with Crippen molar-refractivity contribution in [2.45, 2.75) is 39.7 Å². The summed E-state index contributed by atoms with van der Waals surface area (Å²) in [6.07, 6.45) is 4.02. The summed E-state index contributed by atoms with van der Waals surface area (Å²) in [6.45, 7) is 7.19. The first-order valence-corrected chi connectivity index (χ1v) is 7.50. The molecule has 4 nitrogen and oxygen atoms in total. The Morgan fingerprint density at radius 1 is 1.32 bits per heavy atom. The van der Waals surface area contributed by atoms with E-state index < -0.39 is 0 Å². The summed E-state index contributed by atoms with van der Waals surface area (Å²) in [5.41, 5.74) is 5.10. The zero-order valence-electron chi connectivity index (χ0n) is 11.7. The standard InChI is InChI=1S/C14H20N4S/c1-4-5-16-14(7-12-8-15-9-19-12)13-6-10(2)17-18-11(13)3/h6,8-9,14,16H,4-5,7H2,1-3H3. The van der Waals surface area contributed by atoms with Gasteiger partial charge < -0.3 is 5.32 Å². The number of aromatic nitrogens is 3. The number of nitrogens with one attached hydrogen (secondary N) is 1. The fourth-order valence-corrected chi connectivity index (χ4v) is 2.72. The van der Waals surface area contributed by atoms with E-state index in [1.807, 2.05) is 25.6 Å². The summed E-state index contributed by atoms with van der Waals surface area (Å²) < 4.78 is 0. The highest BCUT2D eigenvalue weighted by Crippen LogP contribution is 2.22. The highest BCUT2D eigenvalue weighted by atomic mass is 32.1. The first-order valence-electron chi connectivity index (χ1n) is 6.62. The number of thiazole rings is 1. The fraction of sp³-hybridized carbons (Fsp3) is 0.500. The molecule has 19 heavy (non-hydrogen) atoms. The molecular formula is C14H20N4S. The molecule has 2 aromatic rings. The molecule has 5 heteroatoms. The van der Waals surface area contributed by atoms with Crippen LogP contribution >= 0.6 is 11.3 Å². The van der Waals surface area contributed by atoms with Crippen LogP contribution in [-0.2, 0) is 6.42 Å². The molecule has 0 fully saturated rings. The Morgan fingerprint density at radius 3 is 2.84 bits per heavy atom. The molecular weight excluding hydrogens is 256 g/mol. The maximum Gasteiger partial charge on any atom is 0.0794 e. The molecule has 2 heterocycles. The minimum Gasteiger partial charge on any atom is -0.310 e. The summed E-state index contributed by atoms with van der Waals surface area (Å²) in [4.78, 5) is 5.45. The van der Waals surface area contributed by atoms with Gasteiger partial charge in [0.25, 0.3) is 0 Å². The first kappa shape index (κ1) is 14.1. The topological polar surface area (TPSA) is 50.7 Å². The Bertz CT molecular complexity index is 510. The predicted octanol–water partition coefficient (Wildman–Crippen LogP) is 2.83. The van der Waals surface area contributed by atoms with Crippen molar-refractivity contribution in [2.75, 3.05) is 6.54 Å². The highest BCUT2D eigenvalue weighted by molar-refractivity contribution is 7.09. The van der Waals surface area contributed by atoms with Crippen molar-refractivity contribution in [1.82, 2.24) is 20.5 Å². The molecule has 0 saturated carbocycles. The van der Waals surface area contributed by atoms with Gasteiger partial charge in [-0.2, -0.15) is 10.2 Å². The SMILES string of the molecule is CCCNC(Cc1cncs1)c1cc(C)nnc1C. The Hall–Kier alpha value is -1.33. The molecule has 0 aliphatic rings. The van der Waals surface area contributed by atoms with Gasteiger partial charge in [-0.1, -0.05) is 6.92 Å². The van der Waals surface area contributed by atoms with Crippen LogP contribution in [0, 0.1) is 13.8 Å². The van der Waals surface area contributed by atoms with Gasteiger partial charge in [0.2, 0.25) is 0 Å². The third-order valence-corrected chi connectivity index (χ3v) is 3.85. The van der Waals surface area contributed by atoms with E-state index in [0.29, 0.717) is 0 Å². The van der Waals surface area contributed by atoms with Crippen molar-refractivity contribution in [3.05, 3.63) is 39.6 Å². The van der Waals surface area contributed by atoms with Crippen LogP contribution in [0.15, 0.2) is 17.8 Å². The lowest BCUT2D eigenvalue weighted by Gasteiger charge is -2.19. The number of hydrogen-bond acceptors (Lipinski definition) is 5. The summed E-state index contributed by atoms with van der Waals surface area (Å²) in [6, 6.07) is 2.42. The van der Waals surface area contributed by atoms with E-state index in [4.69, 9.17) is 0 Å². The average molecular weight is 276 g/mol. The molecule has 1 atom stereocenters. The largest absolute Gasteiger partial charge is 0.310 e. The minimum absolute atomic E-state index is 0.287. The maximum atomic E-state index is 4.23. The van der Waals surface area contributed by atoms with Crippen molar-refractivity contribution in [1.29, 1.82) is 0 Å². The highest BCUT2D eigenvalue weighted by Gasteiger charge is 2.16. The van der Waals surface area contributed by atoms with Crippen LogP contribution in [0.5, 0.6) is 0 Å². The molecule has 2 rings (SSSR count). The average Bonchev–Trinajstić information content (AvgIpc) is 2.90. The molecule has 0 aromatic carbocycles. The van der Waals surface area contributed by atoms with E-state index in [1.165, 1.54) is 10.4 Å². The molecule has 0 aliphatic carbocycles. The maximum absolute atomic E-state index is 4.23. The second-order valence-corrected chi connectivity index (χ2v) is 5.68. The Kier molecular flexibility index (Phi) is 4.99. The summed E-state index contributed by atoms with van der Waals surface area (Å²) in [5, 5.41) is 11.9. The lowest BCUT2D eigenvalue weighted by atomic mass is 10.0. The Labute approximate surface area is 118 Å². The smallest absolute Gasteiger partial charge is 0.0794 e. The van der Waals surface area contributed by atoms with Crippen LogP contribution in [0.2, 0.25) is 0 Å². The molecule has 0 spiro atoms. The lowest BCUT2D eigenvalue weighted by Crippen LogP contribution is -2.25. The first-order chi connectivity index (χ1) is 9.20.